The van der Waals surface area contributed by atoms with Gasteiger partial charge in [-0.05, 0) is 91.9 Å². The van der Waals surface area contributed by atoms with Crippen LogP contribution in [-0.4, -0.2) is 56.3 Å². The first-order valence-corrected chi connectivity index (χ1v) is 26.1. The quantitative estimate of drug-likeness (QED) is 0.0736. The third-order valence-electron chi connectivity index (χ3n) is 9.88. The summed E-state index contributed by atoms with van der Waals surface area (Å²) in [5.74, 6) is 12.8. The summed E-state index contributed by atoms with van der Waals surface area (Å²) in [5.41, 5.74) is 0. The molecule has 0 aromatic carbocycles. The Morgan fingerprint density at radius 2 is 1.21 bits per heavy atom. The molecule has 0 rings (SSSR count). The molecule has 0 aromatic rings. The number of esters is 1. The van der Waals surface area contributed by atoms with E-state index in [-0.39, 0.29) is 39.4 Å². The monoisotopic (exact) mass is 702 g/mol. The molecular weight excluding hydrogens is 633 g/mol. The molecule has 0 bridgehead atoms. The highest BCUT2D eigenvalue weighted by molar-refractivity contribution is 6.75. The minimum atomic E-state index is -2.02. The zero-order valence-electron chi connectivity index (χ0n) is 33.3. The van der Waals surface area contributed by atoms with Crippen LogP contribution in [0.3, 0.4) is 0 Å². The second-order valence-electron chi connectivity index (χ2n) is 17.0. The minimum Gasteiger partial charge on any atom is -0.469 e. The summed E-state index contributed by atoms with van der Waals surface area (Å²) in [6.07, 6.45) is 14.9. The van der Waals surface area contributed by atoms with Crippen LogP contribution in [0.5, 0.6) is 0 Å². The highest BCUT2D eigenvalue weighted by atomic mass is 28.4. The van der Waals surface area contributed by atoms with E-state index in [1.807, 2.05) is 24.3 Å². The second kappa shape index (κ2) is 19.5. The van der Waals surface area contributed by atoms with Gasteiger partial charge < -0.3 is 18.0 Å². The summed E-state index contributed by atoms with van der Waals surface area (Å²) < 4.78 is 24.7. The normalized spacial score (nSPS) is 15.7. The van der Waals surface area contributed by atoms with Gasteiger partial charge in [0.25, 0.3) is 0 Å². The lowest BCUT2D eigenvalue weighted by atomic mass is 10.1. The summed E-state index contributed by atoms with van der Waals surface area (Å²) in [5, 5.41) is 0.338. The standard InChI is InChI=1S/C39H70O5Si3/c1-18-33(42-45(12,13)37(2,3)4)27-24-21-25-30-34(43-46(14,15)38(5,6)7)28-22-19-20-23-29-35(31-26-32-36(40)41-11)44-47(16,17)39(8,9)10/h19-20,22,24,27-28,33-35H,18,26,30-32H2,1-17H3/b20-19+,27-24+,28-22+/t33-,34-,35+/m0/s1. The maximum absolute atomic E-state index is 11.6. The van der Waals surface area contributed by atoms with Crippen LogP contribution in [0.2, 0.25) is 54.4 Å². The summed E-state index contributed by atoms with van der Waals surface area (Å²) in [7, 11) is -4.45. The highest BCUT2D eigenvalue weighted by Crippen LogP contribution is 2.39. The Bertz CT molecular complexity index is 1170. The Kier molecular flexibility index (Phi) is 18.8. The van der Waals surface area contributed by atoms with Crippen molar-refractivity contribution in [1.82, 2.24) is 0 Å². The van der Waals surface area contributed by atoms with Crippen molar-refractivity contribution in [2.45, 2.75) is 174 Å². The minimum absolute atomic E-state index is 0.0713. The SMILES string of the molecule is CC[C@@H](/C=C/C#CC[C@H](/C=C/C=C/C#C[C@H](CCCC(=O)OC)O[Si](C)(C)C(C)(C)C)O[Si](C)(C)C(C)(C)C)O[Si](C)(C)C(C)(C)C. The van der Waals surface area contributed by atoms with Crippen LogP contribution in [0.1, 0.15) is 101 Å². The number of hydrogen-bond acceptors (Lipinski definition) is 5. The van der Waals surface area contributed by atoms with Crippen LogP contribution in [0, 0.1) is 23.7 Å². The van der Waals surface area contributed by atoms with Gasteiger partial charge in [0.2, 0.25) is 0 Å². The topological polar surface area (TPSA) is 54.0 Å². The van der Waals surface area contributed by atoms with Crippen molar-refractivity contribution in [2.24, 2.45) is 0 Å². The van der Waals surface area contributed by atoms with Crippen LogP contribution in [0.15, 0.2) is 36.5 Å². The molecule has 0 unspecified atom stereocenters. The summed E-state index contributed by atoms with van der Waals surface area (Å²) in [6, 6.07) is 0. The van der Waals surface area contributed by atoms with Gasteiger partial charge >= 0.3 is 5.97 Å². The molecule has 0 fully saturated rings. The Balaban J connectivity index is 5.81. The van der Waals surface area contributed by atoms with Gasteiger partial charge in [-0.2, -0.15) is 0 Å². The van der Waals surface area contributed by atoms with E-state index in [1.54, 1.807) is 0 Å². The van der Waals surface area contributed by atoms with Gasteiger partial charge in [0.1, 0.15) is 6.10 Å². The molecule has 5 nitrogen and oxygen atoms in total. The van der Waals surface area contributed by atoms with Gasteiger partial charge in [0.05, 0.1) is 19.3 Å². The average molecular weight is 703 g/mol. The van der Waals surface area contributed by atoms with E-state index in [0.29, 0.717) is 25.7 Å². The molecule has 47 heavy (non-hydrogen) atoms. The zero-order valence-corrected chi connectivity index (χ0v) is 36.3. The Hall–Kier alpha value is -1.66. The first-order chi connectivity index (χ1) is 21.3. The largest absolute Gasteiger partial charge is 0.469 e. The lowest BCUT2D eigenvalue weighted by molar-refractivity contribution is -0.140. The van der Waals surface area contributed by atoms with E-state index in [9.17, 15) is 4.79 Å². The van der Waals surface area contributed by atoms with Gasteiger partial charge in [0, 0.05) is 12.8 Å². The summed E-state index contributed by atoms with van der Waals surface area (Å²) in [6.45, 7) is 36.0. The Morgan fingerprint density at radius 1 is 0.702 bits per heavy atom. The number of allylic oxidation sites excluding steroid dienone is 4. The fourth-order valence-electron chi connectivity index (χ4n) is 3.55. The second-order valence-corrected chi connectivity index (χ2v) is 31.3. The number of methoxy groups -OCH3 is 1. The molecule has 0 radical (unpaired) electrons. The van der Waals surface area contributed by atoms with E-state index in [4.69, 9.17) is 18.0 Å². The smallest absolute Gasteiger partial charge is 0.305 e. The highest BCUT2D eigenvalue weighted by Gasteiger charge is 2.40. The molecule has 268 valence electrons. The zero-order chi connectivity index (χ0) is 36.7. The van der Waals surface area contributed by atoms with Crippen LogP contribution in [0.4, 0.5) is 0 Å². The molecule has 0 N–H and O–H groups in total. The van der Waals surface area contributed by atoms with Crippen LogP contribution in [0.25, 0.3) is 0 Å². The van der Waals surface area contributed by atoms with E-state index in [2.05, 4.69) is 144 Å². The first kappa shape index (κ1) is 45.3. The first-order valence-electron chi connectivity index (χ1n) is 17.4. The summed E-state index contributed by atoms with van der Waals surface area (Å²) >= 11 is 0. The molecule has 0 aliphatic rings. The molecular formula is C39H70O5Si3. The van der Waals surface area contributed by atoms with Crippen molar-refractivity contribution in [3.63, 3.8) is 0 Å². The fraction of sp³-hybridized carbons (Fsp3) is 0.718. The maximum Gasteiger partial charge on any atom is 0.305 e. The van der Waals surface area contributed by atoms with Crippen molar-refractivity contribution in [3.8, 4) is 23.7 Å². The lowest BCUT2D eigenvalue weighted by Crippen LogP contribution is -2.43. The number of hydrogen-bond donors (Lipinski definition) is 0. The van der Waals surface area contributed by atoms with Gasteiger partial charge in [0.15, 0.2) is 25.0 Å². The lowest BCUT2D eigenvalue weighted by Gasteiger charge is -2.38. The fourth-order valence-corrected chi connectivity index (χ4v) is 7.42. The van der Waals surface area contributed by atoms with Crippen LogP contribution >= 0.6 is 0 Å². The number of carbonyl (C=O) groups excluding carboxylic acids is 1. The van der Waals surface area contributed by atoms with Gasteiger partial charge in [-0.25, -0.2) is 0 Å². The molecule has 0 saturated heterocycles. The molecule has 0 aliphatic carbocycles. The van der Waals surface area contributed by atoms with Gasteiger partial charge in [-0.3, -0.25) is 4.79 Å². The Morgan fingerprint density at radius 3 is 1.70 bits per heavy atom. The molecule has 0 aliphatic heterocycles. The molecule has 0 spiro atoms. The van der Waals surface area contributed by atoms with Crippen molar-refractivity contribution in [1.29, 1.82) is 0 Å². The molecule has 0 aromatic heterocycles. The average Bonchev–Trinajstić information content (AvgIpc) is 2.91. The van der Waals surface area contributed by atoms with Gasteiger partial charge in [-0.15, -0.1) is 0 Å². The summed E-state index contributed by atoms with van der Waals surface area (Å²) in [4.78, 5) is 11.6. The Labute approximate surface area is 294 Å². The van der Waals surface area contributed by atoms with Crippen LogP contribution in [-0.2, 0) is 22.8 Å². The number of rotatable bonds is 15. The molecule has 3 atom stereocenters. The van der Waals surface area contributed by atoms with E-state index < -0.39 is 25.0 Å². The number of carbonyl (C=O) groups is 1. The predicted molar refractivity (Wildman–Crippen MR) is 210 cm³/mol. The van der Waals surface area contributed by atoms with Crippen LogP contribution < -0.4 is 0 Å². The third-order valence-corrected chi connectivity index (χ3v) is 23.4. The van der Waals surface area contributed by atoms with Crippen molar-refractivity contribution >= 4 is 30.9 Å². The maximum atomic E-state index is 11.6. The van der Waals surface area contributed by atoms with E-state index in [1.165, 1.54) is 7.11 Å². The third kappa shape index (κ3) is 17.5. The molecule has 8 heteroatoms. The molecule has 0 heterocycles. The predicted octanol–water partition coefficient (Wildman–Crippen LogP) is 11.0. The van der Waals surface area contributed by atoms with Crippen molar-refractivity contribution in [2.75, 3.05) is 7.11 Å². The number of ether oxygens (including phenoxy) is 1. The van der Waals surface area contributed by atoms with E-state index >= 15 is 0 Å². The molecule has 0 saturated carbocycles. The van der Waals surface area contributed by atoms with Gasteiger partial charge in [-0.1, -0.05) is 111 Å². The molecule has 0 amide bonds. The van der Waals surface area contributed by atoms with Crippen molar-refractivity contribution in [3.05, 3.63) is 36.5 Å². The van der Waals surface area contributed by atoms with E-state index in [0.717, 1.165) is 6.42 Å². The van der Waals surface area contributed by atoms with Crippen molar-refractivity contribution < 1.29 is 22.8 Å².